The van der Waals surface area contributed by atoms with Gasteiger partial charge in [0.1, 0.15) is 24.2 Å². The molecular formula is C69H109N11O14. The largest absolute Gasteiger partial charge is 0.467 e. The summed E-state index contributed by atoms with van der Waals surface area (Å²) in [6.45, 7) is 18.2. The Hall–Kier alpha value is -7.51. The number of primary amides is 1. The number of hydrogen-bond acceptors (Lipinski definition) is 15. The number of amides is 11. The summed E-state index contributed by atoms with van der Waals surface area (Å²) in [5, 5.41) is 17.0. The van der Waals surface area contributed by atoms with Crippen LogP contribution in [0.4, 0.5) is 10.5 Å². The van der Waals surface area contributed by atoms with Crippen molar-refractivity contribution in [3.63, 3.8) is 0 Å². The van der Waals surface area contributed by atoms with Crippen molar-refractivity contribution in [2.24, 2.45) is 35.3 Å². The lowest BCUT2D eigenvalue weighted by Gasteiger charge is -2.41. The highest BCUT2D eigenvalue weighted by Gasteiger charge is 2.44. The fraction of sp³-hybridized carbons (Fsp3) is 0.667. The minimum Gasteiger partial charge on any atom is -0.467 e. The Labute approximate surface area is 556 Å². The number of nitrogens with zero attached hydrogens (tertiary/aromatic N) is 4. The van der Waals surface area contributed by atoms with Gasteiger partial charge in [0.2, 0.25) is 41.4 Å². The Morgan fingerprint density at radius 1 is 0.745 bits per heavy atom. The second-order valence-corrected chi connectivity index (χ2v) is 26.3. The number of likely N-dealkylation sites (N-methyl/N-ethyl adjacent to an activating group) is 2. The number of unbranched alkanes of at least 4 members (excludes halogenated alkanes) is 2. The number of nitrogens with two attached hydrogens (primary N) is 1. The molecule has 0 saturated carbocycles. The standard InChI is InChI=1S/C69H109N11O14/c1-15-45(8)61(53(92-12)41-57(84)79-38-23-27-52(79)62(93-13)46(9)63(85)74-51(68(90)94-14)40-48-24-18-16-19-25-48)78(11)67(89)59(43(4)5)76-66(88)60(44(6)7)77(10)39-35-47-29-31-49(32-30-47)72-64(86)50(26-22-36-71-69(70)91)73-65(87)58(42(2)3)75-54(81)28-20-17-21-37-80-55(82)33-34-56(80)83/h16,18,24,29-34,42-46,50-53,58-62H,15,17,19-23,25-28,35-41H2,1-14H3,(H,72,86)(H,73,87)(H,74,85)(H,75,81)(H,76,88)(H3,70,71,91)/t45-,46+,50-,51-,52-,53+,58-,59-,60-,61-,62+/m0/s1. The van der Waals surface area contributed by atoms with Crippen LogP contribution in [0, 0.1) is 29.6 Å². The minimum absolute atomic E-state index is 0.0664. The van der Waals surface area contributed by atoms with Crippen molar-refractivity contribution < 1.29 is 67.0 Å². The first-order valence-corrected chi connectivity index (χ1v) is 33.5. The monoisotopic (exact) mass is 1320 g/mol. The number of imide groups is 1. The van der Waals surface area contributed by atoms with Crippen molar-refractivity contribution in [3.05, 3.63) is 65.8 Å². The molecule has 0 spiro atoms. The summed E-state index contributed by atoms with van der Waals surface area (Å²) in [5.41, 5.74) is 7.65. The van der Waals surface area contributed by atoms with Gasteiger partial charge >= 0.3 is 12.0 Å². The van der Waals surface area contributed by atoms with E-state index in [-0.39, 0.29) is 91.5 Å². The molecule has 2 aliphatic heterocycles. The lowest BCUT2D eigenvalue weighted by Crippen LogP contribution is -2.60. The molecule has 0 radical (unpaired) electrons. The van der Waals surface area contributed by atoms with Crippen molar-refractivity contribution >= 4 is 70.9 Å². The van der Waals surface area contributed by atoms with Crippen molar-refractivity contribution in [1.29, 1.82) is 0 Å². The number of hydrogen-bond donors (Lipinski definition) is 7. The molecule has 524 valence electrons. The van der Waals surface area contributed by atoms with Crippen LogP contribution in [0.25, 0.3) is 0 Å². The zero-order valence-corrected chi connectivity index (χ0v) is 58.1. The van der Waals surface area contributed by atoms with Gasteiger partial charge < -0.3 is 61.6 Å². The third-order valence-corrected chi connectivity index (χ3v) is 18.3. The predicted octanol–water partition coefficient (Wildman–Crippen LogP) is 5.07. The summed E-state index contributed by atoms with van der Waals surface area (Å²) in [7, 11) is 7.88. The minimum atomic E-state index is -1.06. The molecular weight excluding hydrogens is 1210 g/mol. The van der Waals surface area contributed by atoms with Crippen LogP contribution in [0.3, 0.4) is 0 Å². The number of methoxy groups -OCH3 is 3. The quantitative estimate of drug-likeness (QED) is 0.0256. The lowest BCUT2D eigenvalue weighted by atomic mass is 9.89. The number of likely N-dealkylation sites (tertiary alicyclic amines) is 1. The van der Waals surface area contributed by atoms with Crippen LogP contribution in [0.2, 0.25) is 0 Å². The average Bonchev–Trinajstić information content (AvgIpc) is 1.36. The summed E-state index contributed by atoms with van der Waals surface area (Å²) in [6, 6.07) is 0.922. The molecule has 8 N–H and O–H groups in total. The first-order valence-electron chi connectivity index (χ1n) is 33.5. The zero-order chi connectivity index (χ0) is 69.9. The van der Waals surface area contributed by atoms with Crippen molar-refractivity contribution in [3.8, 4) is 0 Å². The molecule has 4 rings (SSSR count). The first kappa shape index (κ1) is 78.9. The van der Waals surface area contributed by atoms with Gasteiger partial charge in [-0.15, -0.1) is 0 Å². The summed E-state index contributed by atoms with van der Waals surface area (Å²) >= 11 is 0. The van der Waals surface area contributed by atoms with Crippen LogP contribution in [-0.4, -0.2) is 201 Å². The van der Waals surface area contributed by atoms with E-state index in [0.29, 0.717) is 76.6 Å². The van der Waals surface area contributed by atoms with Crippen LogP contribution in [0.15, 0.2) is 60.2 Å². The molecule has 11 amide bonds. The molecule has 0 unspecified atom stereocenters. The molecule has 1 saturated heterocycles. The molecule has 25 heteroatoms. The van der Waals surface area contributed by atoms with E-state index in [0.717, 1.165) is 28.9 Å². The number of allylic oxidation sites excluding steroid dienone is 3. The molecule has 2 heterocycles. The van der Waals surface area contributed by atoms with Gasteiger partial charge in [-0.05, 0) is 113 Å². The first-order chi connectivity index (χ1) is 44.6. The van der Waals surface area contributed by atoms with Crippen molar-refractivity contribution in [2.75, 3.05) is 66.9 Å². The van der Waals surface area contributed by atoms with E-state index in [4.69, 9.17) is 19.9 Å². The third kappa shape index (κ3) is 23.7. The molecule has 11 atom stereocenters. The SMILES string of the molecule is CC[C@H](C)[C@@H]([C@@H](CC(=O)N1CCC[C@H]1[C@H](OC)[C@@H](C)C(=O)N[C@@H](CC1=CC=CCC1)C(=O)OC)OC)N(C)C(=O)[C@@H](NC(=O)[C@H](C(C)C)N(C)CCc1ccc(NC(=O)[C@H](CCCNC(N)=O)NC(=O)[C@@H](NC(=O)CCCCCN2C(=O)C=CC2=O)C(C)C)cc1)C(C)C. The van der Waals surface area contributed by atoms with E-state index < -0.39 is 90.1 Å². The number of carbonyl (C=O) groups is 11. The molecule has 0 aromatic heterocycles. The van der Waals surface area contributed by atoms with Crippen LogP contribution in [-0.2, 0) is 68.6 Å². The Morgan fingerprint density at radius 2 is 1.40 bits per heavy atom. The molecule has 1 aliphatic carbocycles. The number of benzene rings is 1. The van der Waals surface area contributed by atoms with Gasteiger partial charge in [0.15, 0.2) is 0 Å². The summed E-state index contributed by atoms with van der Waals surface area (Å²) in [6.07, 6.45) is 13.3. The molecule has 25 nitrogen and oxygen atoms in total. The number of urea groups is 1. The van der Waals surface area contributed by atoms with Crippen molar-refractivity contribution in [2.45, 2.75) is 207 Å². The maximum Gasteiger partial charge on any atom is 0.328 e. The van der Waals surface area contributed by atoms with E-state index in [1.165, 1.54) is 33.5 Å². The smallest absolute Gasteiger partial charge is 0.328 e. The Kier molecular flexibility index (Phi) is 33.1. The van der Waals surface area contributed by atoms with Gasteiger partial charge in [-0.1, -0.05) is 111 Å². The molecule has 1 aromatic carbocycles. The van der Waals surface area contributed by atoms with Gasteiger partial charge in [-0.2, -0.15) is 0 Å². The van der Waals surface area contributed by atoms with E-state index in [1.807, 2.05) is 83.9 Å². The number of nitrogens with one attached hydrogen (secondary N) is 6. The van der Waals surface area contributed by atoms with E-state index >= 15 is 0 Å². The second kappa shape index (κ2) is 39.4. The Bertz CT molecular complexity index is 2810. The Morgan fingerprint density at radius 3 is 1.98 bits per heavy atom. The average molecular weight is 1320 g/mol. The number of carbonyl (C=O) groups excluding carboxylic acids is 11. The summed E-state index contributed by atoms with van der Waals surface area (Å²) in [5.74, 6) is -5.71. The van der Waals surface area contributed by atoms with Gasteiger partial charge in [0.05, 0.1) is 49.8 Å². The van der Waals surface area contributed by atoms with Crippen molar-refractivity contribution in [1.82, 2.24) is 46.2 Å². The van der Waals surface area contributed by atoms with Crippen LogP contribution in [0.5, 0.6) is 0 Å². The maximum absolute atomic E-state index is 14.9. The summed E-state index contributed by atoms with van der Waals surface area (Å²) < 4.78 is 17.2. The number of esters is 1. The molecule has 94 heavy (non-hydrogen) atoms. The topological polar surface area (TPSA) is 327 Å². The highest BCUT2D eigenvalue weighted by Crippen LogP contribution is 2.31. The molecule has 1 aromatic rings. The molecule has 3 aliphatic rings. The Balaban J connectivity index is 1.38. The summed E-state index contributed by atoms with van der Waals surface area (Å²) in [4.78, 5) is 153. The normalized spacial score (nSPS) is 17.9. The second-order valence-electron chi connectivity index (χ2n) is 26.3. The van der Waals surface area contributed by atoms with E-state index in [9.17, 15) is 52.7 Å². The number of ether oxygens (including phenoxy) is 3. The highest BCUT2D eigenvalue weighted by molar-refractivity contribution is 6.12. The van der Waals surface area contributed by atoms with E-state index in [2.05, 4.69) is 31.9 Å². The fourth-order valence-electron chi connectivity index (χ4n) is 12.7. The highest BCUT2D eigenvalue weighted by atomic mass is 16.5. The number of rotatable bonds is 40. The predicted molar refractivity (Wildman–Crippen MR) is 358 cm³/mol. The van der Waals surface area contributed by atoms with Gasteiger partial charge in [-0.3, -0.25) is 53.0 Å². The third-order valence-electron chi connectivity index (χ3n) is 18.3. The van der Waals surface area contributed by atoms with E-state index in [1.54, 1.807) is 49.8 Å². The maximum atomic E-state index is 14.9. The van der Waals surface area contributed by atoms with Gasteiger partial charge in [-0.25, -0.2) is 9.59 Å². The van der Waals surface area contributed by atoms with Crippen LogP contribution < -0.4 is 37.6 Å². The molecule has 1 fully saturated rings. The van der Waals surface area contributed by atoms with Gasteiger partial charge in [0, 0.05) is 71.7 Å². The van der Waals surface area contributed by atoms with Crippen LogP contribution in [0.1, 0.15) is 151 Å². The lowest BCUT2D eigenvalue weighted by molar-refractivity contribution is -0.149. The zero-order valence-electron chi connectivity index (χ0n) is 58.1. The fourth-order valence-corrected chi connectivity index (χ4v) is 12.7. The molecule has 0 bridgehead atoms. The number of anilines is 1. The van der Waals surface area contributed by atoms with Gasteiger partial charge in [0.25, 0.3) is 11.8 Å². The van der Waals surface area contributed by atoms with Crippen LogP contribution >= 0.6 is 0 Å².